The Labute approximate surface area is 168 Å². The van der Waals surface area contributed by atoms with Gasteiger partial charge in [-0.3, -0.25) is 4.79 Å². The fraction of sp³-hybridized carbons (Fsp3) is 0.870. The second-order valence-corrected chi connectivity index (χ2v) is 8.10. The van der Waals surface area contributed by atoms with Crippen molar-refractivity contribution in [3.05, 3.63) is 12.2 Å². The highest BCUT2D eigenvalue weighted by atomic mass is 16.4. The minimum absolute atomic E-state index is 0.253. The van der Waals surface area contributed by atoms with E-state index in [0.29, 0.717) is 0 Å². The number of unbranched alkanes of at least 4 members (excludes halogenated alkanes) is 7. The largest absolute Gasteiger partial charge is 0.481 e. The lowest BCUT2D eigenvalue weighted by Gasteiger charge is -2.40. The molecule has 0 heterocycles. The summed E-state index contributed by atoms with van der Waals surface area (Å²) in [6, 6.07) is 0. The summed E-state index contributed by atoms with van der Waals surface area (Å²) in [6.07, 6.45) is 16.3. The number of aliphatic hydroxyl groups excluding tert-OH is 1. The number of carboxylic acid groups (broad SMARTS) is 1. The van der Waals surface area contributed by atoms with Crippen molar-refractivity contribution in [1.82, 2.24) is 0 Å². The van der Waals surface area contributed by atoms with E-state index in [0.717, 1.165) is 49.9 Å². The van der Waals surface area contributed by atoms with Crippen molar-refractivity contribution in [2.24, 2.45) is 0 Å². The van der Waals surface area contributed by atoms with E-state index in [9.17, 15) is 9.90 Å². The molecule has 1 unspecified atom stereocenters. The summed E-state index contributed by atoms with van der Waals surface area (Å²) in [6.45, 7) is 10.6. The molecule has 1 atom stereocenters. The number of nitrogens with zero attached hydrogens (tertiary/aromatic N) is 1. The molecule has 0 radical (unpaired) electrons. The molecule has 4 nitrogen and oxygen atoms in total. The third-order valence-corrected chi connectivity index (χ3v) is 5.40. The maximum atomic E-state index is 10.8. The molecule has 0 saturated heterocycles. The molecule has 2 N–H and O–H groups in total. The van der Waals surface area contributed by atoms with E-state index in [-0.39, 0.29) is 6.42 Å². The lowest BCUT2D eigenvalue weighted by Crippen LogP contribution is -2.53. The molecule has 0 rings (SSSR count). The summed E-state index contributed by atoms with van der Waals surface area (Å²) in [5.74, 6) is -0.705. The molecule has 0 bridgehead atoms. The fourth-order valence-corrected chi connectivity index (χ4v) is 3.76. The van der Waals surface area contributed by atoms with Gasteiger partial charge in [0.25, 0.3) is 0 Å². The first-order valence-corrected chi connectivity index (χ1v) is 11.4. The molecular formula is C23H46NO3+. The van der Waals surface area contributed by atoms with Gasteiger partial charge in [-0.25, -0.2) is 0 Å². The van der Waals surface area contributed by atoms with Crippen molar-refractivity contribution in [3.63, 3.8) is 0 Å². The number of carboxylic acids is 1. The molecule has 160 valence electrons. The van der Waals surface area contributed by atoms with E-state index >= 15 is 0 Å². The average molecular weight is 385 g/mol. The Hall–Kier alpha value is -0.870. The molecule has 4 heteroatoms. The number of aliphatic carboxylic acids is 1. The minimum atomic E-state index is -0.705. The van der Waals surface area contributed by atoms with Crippen molar-refractivity contribution in [1.29, 1.82) is 0 Å². The number of hydrogen-bond donors (Lipinski definition) is 2. The third kappa shape index (κ3) is 14.8. The van der Waals surface area contributed by atoms with E-state index in [1.165, 1.54) is 51.4 Å². The van der Waals surface area contributed by atoms with Crippen LogP contribution in [-0.4, -0.2) is 52.9 Å². The third-order valence-electron chi connectivity index (χ3n) is 5.40. The molecule has 0 aromatic carbocycles. The standard InChI is InChI=1S/C23H45NO3/c1-4-7-10-11-16-22(25)21-24(18-13-8-5-2,19-14-9-6-3)20-15-12-17-23(26)27/h11,16,22,25H,4-10,12-15,17-21H2,1-3H3/p+1/b16-11+. The van der Waals surface area contributed by atoms with E-state index in [4.69, 9.17) is 5.11 Å². The van der Waals surface area contributed by atoms with Crippen LogP contribution < -0.4 is 0 Å². The van der Waals surface area contributed by atoms with Crippen LogP contribution >= 0.6 is 0 Å². The Balaban J connectivity index is 4.96. The minimum Gasteiger partial charge on any atom is -0.481 e. The maximum absolute atomic E-state index is 10.8. The predicted octanol–water partition coefficient (Wildman–Crippen LogP) is 5.55. The average Bonchev–Trinajstić information content (AvgIpc) is 2.63. The molecule has 0 amide bonds. The Morgan fingerprint density at radius 1 is 0.852 bits per heavy atom. The normalized spacial score (nSPS) is 13.3. The molecule has 0 aliphatic rings. The predicted molar refractivity (Wildman–Crippen MR) is 115 cm³/mol. The molecule has 0 aromatic heterocycles. The van der Waals surface area contributed by atoms with Crippen molar-refractivity contribution in [2.45, 2.75) is 104 Å². The van der Waals surface area contributed by atoms with Gasteiger partial charge in [-0.1, -0.05) is 58.6 Å². The van der Waals surface area contributed by atoms with Crippen LogP contribution in [0.5, 0.6) is 0 Å². The van der Waals surface area contributed by atoms with E-state index in [1.807, 2.05) is 6.08 Å². The summed E-state index contributed by atoms with van der Waals surface area (Å²) < 4.78 is 0.943. The molecule has 0 saturated carbocycles. The van der Waals surface area contributed by atoms with Gasteiger partial charge in [0.05, 0.1) is 19.6 Å². The Kier molecular flexibility index (Phi) is 16.7. The van der Waals surface area contributed by atoms with Crippen molar-refractivity contribution >= 4 is 5.97 Å². The number of carbonyl (C=O) groups is 1. The van der Waals surface area contributed by atoms with Gasteiger partial charge in [0.1, 0.15) is 12.6 Å². The van der Waals surface area contributed by atoms with Crippen molar-refractivity contribution < 1.29 is 19.5 Å². The molecular weight excluding hydrogens is 338 g/mol. The van der Waals surface area contributed by atoms with Crippen molar-refractivity contribution in [2.75, 3.05) is 26.2 Å². The summed E-state index contributed by atoms with van der Waals surface area (Å²) in [5, 5.41) is 19.6. The number of aliphatic hydroxyl groups is 1. The second kappa shape index (κ2) is 17.2. The molecule has 0 fully saturated rings. The van der Waals surface area contributed by atoms with Crippen LogP contribution in [0.2, 0.25) is 0 Å². The Morgan fingerprint density at radius 2 is 1.37 bits per heavy atom. The zero-order valence-electron chi connectivity index (χ0n) is 18.3. The van der Waals surface area contributed by atoms with Crippen LogP contribution in [0.1, 0.15) is 97.8 Å². The summed E-state index contributed by atoms with van der Waals surface area (Å²) in [5.41, 5.74) is 0. The molecule has 0 aromatic rings. The highest BCUT2D eigenvalue weighted by Gasteiger charge is 2.28. The number of hydrogen-bond acceptors (Lipinski definition) is 2. The van der Waals surface area contributed by atoms with E-state index in [1.54, 1.807) is 0 Å². The Morgan fingerprint density at radius 3 is 1.85 bits per heavy atom. The van der Waals surface area contributed by atoms with Gasteiger partial charge >= 0.3 is 5.97 Å². The zero-order valence-corrected chi connectivity index (χ0v) is 18.3. The van der Waals surface area contributed by atoms with Crippen LogP contribution in [0.25, 0.3) is 0 Å². The lowest BCUT2D eigenvalue weighted by atomic mass is 10.1. The first-order chi connectivity index (χ1) is 13.0. The highest BCUT2D eigenvalue weighted by Crippen LogP contribution is 2.18. The van der Waals surface area contributed by atoms with Gasteiger partial charge < -0.3 is 14.7 Å². The first kappa shape index (κ1) is 26.1. The topological polar surface area (TPSA) is 57.5 Å². The van der Waals surface area contributed by atoms with Gasteiger partial charge in [-0.05, 0) is 44.9 Å². The smallest absolute Gasteiger partial charge is 0.303 e. The number of allylic oxidation sites excluding steroid dienone is 1. The van der Waals surface area contributed by atoms with Crippen LogP contribution in [0, 0.1) is 0 Å². The first-order valence-electron chi connectivity index (χ1n) is 11.4. The lowest BCUT2D eigenvalue weighted by molar-refractivity contribution is -0.931. The van der Waals surface area contributed by atoms with Crippen LogP contribution in [0.4, 0.5) is 0 Å². The maximum Gasteiger partial charge on any atom is 0.303 e. The van der Waals surface area contributed by atoms with Crippen LogP contribution in [0.3, 0.4) is 0 Å². The number of quaternary nitrogens is 1. The van der Waals surface area contributed by atoms with Gasteiger partial charge in [0.15, 0.2) is 0 Å². The van der Waals surface area contributed by atoms with Gasteiger partial charge in [0, 0.05) is 6.42 Å². The SMILES string of the molecule is CCCC/C=C/C(O)C[N+](CCCCC)(CCCCC)CCCCC(=O)O. The number of rotatable bonds is 19. The summed E-state index contributed by atoms with van der Waals surface area (Å²) >= 11 is 0. The molecule has 27 heavy (non-hydrogen) atoms. The Bertz CT molecular complexity index is 372. The van der Waals surface area contributed by atoms with Crippen molar-refractivity contribution in [3.8, 4) is 0 Å². The van der Waals surface area contributed by atoms with Gasteiger partial charge in [-0.15, -0.1) is 0 Å². The van der Waals surface area contributed by atoms with Crippen LogP contribution in [0.15, 0.2) is 12.2 Å². The van der Waals surface area contributed by atoms with E-state index in [2.05, 4.69) is 26.8 Å². The quantitative estimate of drug-likeness (QED) is 0.174. The van der Waals surface area contributed by atoms with Gasteiger partial charge in [0.2, 0.25) is 0 Å². The molecule has 0 aliphatic heterocycles. The second-order valence-electron chi connectivity index (χ2n) is 8.10. The highest BCUT2D eigenvalue weighted by molar-refractivity contribution is 5.66. The monoisotopic (exact) mass is 384 g/mol. The molecule has 0 spiro atoms. The van der Waals surface area contributed by atoms with Gasteiger partial charge in [-0.2, -0.15) is 0 Å². The van der Waals surface area contributed by atoms with E-state index < -0.39 is 12.1 Å². The zero-order chi connectivity index (χ0) is 20.4. The fourth-order valence-electron chi connectivity index (χ4n) is 3.76. The summed E-state index contributed by atoms with van der Waals surface area (Å²) in [7, 11) is 0. The van der Waals surface area contributed by atoms with Crippen LogP contribution in [-0.2, 0) is 4.79 Å². The summed E-state index contributed by atoms with van der Waals surface area (Å²) in [4.78, 5) is 10.8. The molecule has 0 aliphatic carbocycles.